The molecule has 3 aromatic rings. The zero-order valence-electron chi connectivity index (χ0n) is 16.9. The van der Waals surface area contributed by atoms with Gasteiger partial charge in [0.25, 0.3) is 0 Å². The van der Waals surface area contributed by atoms with Crippen molar-refractivity contribution in [2.45, 2.75) is 25.8 Å². The molecule has 5 nitrogen and oxygen atoms in total. The smallest absolute Gasteiger partial charge is 0.234 e. The van der Waals surface area contributed by atoms with Gasteiger partial charge in [0.15, 0.2) is 0 Å². The Balaban J connectivity index is 1.40. The maximum atomic E-state index is 13.0. The molecule has 0 saturated carbocycles. The average Bonchev–Trinajstić information content (AvgIpc) is 3.18. The molecule has 0 fully saturated rings. The molecule has 2 aromatic carbocycles. The Labute approximate surface area is 170 Å². The van der Waals surface area contributed by atoms with Crippen molar-refractivity contribution in [3.8, 4) is 11.3 Å². The second kappa shape index (κ2) is 9.98. The van der Waals surface area contributed by atoms with Crippen LogP contribution in [0, 0.1) is 5.82 Å². The van der Waals surface area contributed by atoms with Gasteiger partial charge in [0.05, 0.1) is 18.3 Å². The Morgan fingerprint density at radius 3 is 2.62 bits per heavy atom. The lowest BCUT2D eigenvalue weighted by molar-refractivity contribution is -0.122. The first-order valence-corrected chi connectivity index (χ1v) is 9.84. The minimum atomic E-state index is -0.255. The lowest BCUT2D eigenvalue weighted by atomic mass is 10.1. The quantitative estimate of drug-likeness (QED) is 0.578. The molecule has 0 aliphatic heterocycles. The van der Waals surface area contributed by atoms with Gasteiger partial charge in [-0.3, -0.25) is 14.8 Å². The Bertz CT molecular complexity index is 908. The van der Waals surface area contributed by atoms with Gasteiger partial charge in [-0.05, 0) is 69.3 Å². The Morgan fingerprint density at radius 2 is 1.90 bits per heavy atom. The maximum absolute atomic E-state index is 13.0. The molecule has 1 atom stereocenters. The number of nitrogens with zero attached hydrogens (tertiary/aromatic N) is 2. The average molecular weight is 394 g/mol. The van der Waals surface area contributed by atoms with E-state index < -0.39 is 0 Å². The first kappa shape index (κ1) is 20.7. The van der Waals surface area contributed by atoms with Gasteiger partial charge < -0.3 is 5.32 Å². The van der Waals surface area contributed by atoms with E-state index in [-0.39, 0.29) is 17.8 Å². The van der Waals surface area contributed by atoms with Crippen molar-refractivity contribution < 1.29 is 9.18 Å². The van der Waals surface area contributed by atoms with Crippen molar-refractivity contribution in [3.05, 3.63) is 77.7 Å². The van der Waals surface area contributed by atoms with E-state index in [1.165, 1.54) is 12.1 Å². The molecule has 2 N–H and O–H groups in total. The maximum Gasteiger partial charge on any atom is 0.234 e. The summed E-state index contributed by atoms with van der Waals surface area (Å²) in [5.74, 6) is -0.237. The monoisotopic (exact) mass is 394 g/mol. The van der Waals surface area contributed by atoms with Gasteiger partial charge >= 0.3 is 0 Å². The van der Waals surface area contributed by atoms with Gasteiger partial charge in [0, 0.05) is 11.3 Å². The largest absolute Gasteiger partial charge is 0.348 e. The summed E-state index contributed by atoms with van der Waals surface area (Å²) < 4.78 is 13.0. The highest BCUT2D eigenvalue weighted by Crippen LogP contribution is 2.18. The number of aromatic nitrogens is 2. The van der Waals surface area contributed by atoms with Crippen molar-refractivity contribution in [1.29, 1.82) is 0 Å². The van der Waals surface area contributed by atoms with Crippen LogP contribution in [0.1, 0.15) is 30.6 Å². The Morgan fingerprint density at radius 1 is 1.17 bits per heavy atom. The second-order valence-corrected chi connectivity index (χ2v) is 7.33. The van der Waals surface area contributed by atoms with E-state index in [0.29, 0.717) is 6.54 Å². The van der Waals surface area contributed by atoms with E-state index in [0.717, 1.165) is 41.9 Å². The lowest BCUT2D eigenvalue weighted by Crippen LogP contribution is -2.36. The molecule has 1 heterocycles. The zero-order chi connectivity index (χ0) is 20.6. The van der Waals surface area contributed by atoms with Gasteiger partial charge in [-0.25, -0.2) is 4.39 Å². The summed E-state index contributed by atoms with van der Waals surface area (Å²) >= 11 is 0. The molecule has 0 spiro atoms. The first-order valence-electron chi connectivity index (χ1n) is 9.84. The van der Waals surface area contributed by atoms with Crippen LogP contribution in [0.2, 0.25) is 0 Å². The molecule has 152 valence electrons. The van der Waals surface area contributed by atoms with Gasteiger partial charge in [0.1, 0.15) is 5.82 Å². The summed E-state index contributed by atoms with van der Waals surface area (Å²) in [6.45, 7) is 3.16. The van der Waals surface area contributed by atoms with E-state index in [1.807, 2.05) is 55.3 Å². The van der Waals surface area contributed by atoms with Crippen molar-refractivity contribution >= 4 is 5.91 Å². The fourth-order valence-corrected chi connectivity index (χ4v) is 3.23. The normalized spacial score (nSPS) is 12.1. The van der Waals surface area contributed by atoms with Crippen LogP contribution in [0.3, 0.4) is 0 Å². The molecule has 6 heteroatoms. The van der Waals surface area contributed by atoms with E-state index in [4.69, 9.17) is 0 Å². The number of hydrogen-bond donors (Lipinski definition) is 2. The van der Waals surface area contributed by atoms with Crippen molar-refractivity contribution in [3.63, 3.8) is 0 Å². The molecule has 0 saturated heterocycles. The third kappa shape index (κ3) is 6.26. The minimum absolute atomic E-state index is 0.00743. The van der Waals surface area contributed by atoms with Gasteiger partial charge in [-0.1, -0.05) is 30.3 Å². The predicted octanol–water partition coefficient (Wildman–Crippen LogP) is 3.96. The van der Waals surface area contributed by atoms with Crippen molar-refractivity contribution in [1.82, 2.24) is 20.4 Å². The Hall–Kier alpha value is -2.99. The van der Waals surface area contributed by atoms with Crippen LogP contribution in [0.15, 0.2) is 60.7 Å². The van der Waals surface area contributed by atoms with Crippen LogP contribution in [-0.4, -0.2) is 41.1 Å². The molecule has 0 radical (unpaired) electrons. The number of aromatic amines is 1. The molecular formula is C23H27FN4O. The van der Waals surface area contributed by atoms with Crippen LogP contribution in [0.25, 0.3) is 11.3 Å². The molecule has 1 unspecified atom stereocenters. The number of aryl methyl sites for hydroxylation is 1. The number of H-pyrrole nitrogens is 1. The number of rotatable bonds is 9. The number of benzene rings is 2. The van der Waals surface area contributed by atoms with Crippen molar-refractivity contribution in [2.75, 3.05) is 20.1 Å². The number of nitrogens with one attached hydrogen (secondary N) is 2. The van der Waals surface area contributed by atoms with E-state index in [2.05, 4.69) is 15.5 Å². The topological polar surface area (TPSA) is 61.0 Å². The Kier molecular flexibility index (Phi) is 7.14. The highest BCUT2D eigenvalue weighted by molar-refractivity contribution is 5.78. The predicted molar refractivity (Wildman–Crippen MR) is 113 cm³/mol. The first-order chi connectivity index (χ1) is 14.0. The van der Waals surface area contributed by atoms with Gasteiger partial charge in [-0.15, -0.1) is 0 Å². The van der Waals surface area contributed by atoms with Crippen molar-refractivity contribution in [2.24, 2.45) is 0 Å². The fourth-order valence-electron chi connectivity index (χ4n) is 3.23. The summed E-state index contributed by atoms with van der Waals surface area (Å²) in [4.78, 5) is 14.3. The summed E-state index contributed by atoms with van der Waals surface area (Å²) in [6, 6.07) is 18.2. The summed E-state index contributed by atoms with van der Waals surface area (Å²) in [5.41, 5.74) is 3.82. The van der Waals surface area contributed by atoms with Gasteiger partial charge in [-0.2, -0.15) is 5.10 Å². The molecule has 0 bridgehead atoms. The van der Waals surface area contributed by atoms with Crippen LogP contribution in [0.4, 0.5) is 4.39 Å². The number of likely N-dealkylation sites (N-methyl/N-ethyl adjacent to an activating group) is 1. The van der Waals surface area contributed by atoms with Crippen LogP contribution in [0.5, 0.6) is 0 Å². The lowest BCUT2D eigenvalue weighted by Gasteiger charge is -2.19. The molecular weight excluding hydrogens is 367 g/mol. The number of carbonyl (C=O) groups excluding carboxylic acids is 1. The molecule has 3 rings (SSSR count). The van der Waals surface area contributed by atoms with E-state index in [9.17, 15) is 9.18 Å². The fraction of sp³-hybridized carbons (Fsp3) is 0.304. The molecule has 0 aliphatic rings. The molecule has 0 aliphatic carbocycles. The van der Waals surface area contributed by atoms with E-state index in [1.54, 1.807) is 12.1 Å². The highest BCUT2D eigenvalue weighted by atomic mass is 19.1. The molecule has 29 heavy (non-hydrogen) atoms. The number of carbonyl (C=O) groups is 1. The van der Waals surface area contributed by atoms with Crippen LogP contribution >= 0.6 is 0 Å². The zero-order valence-corrected chi connectivity index (χ0v) is 16.9. The summed E-state index contributed by atoms with van der Waals surface area (Å²) in [5, 5.41) is 10.4. The van der Waals surface area contributed by atoms with Crippen LogP contribution < -0.4 is 5.32 Å². The van der Waals surface area contributed by atoms with Gasteiger partial charge in [0.2, 0.25) is 5.91 Å². The SMILES string of the molecule is CC(NC(=O)CN(C)CCCc1cc(-c2ccc(F)cc2)n[nH]1)c1ccccc1. The molecule has 1 aromatic heterocycles. The molecule has 1 amide bonds. The third-order valence-corrected chi connectivity index (χ3v) is 4.85. The third-order valence-electron chi connectivity index (χ3n) is 4.85. The van der Waals surface area contributed by atoms with E-state index >= 15 is 0 Å². The number of hydrogen-bond acceptors (Lipinski definition) is 3. The highest BCUT2D eigenvalue weighted by Gasteiger charge is 2.11. The summed E-state index contributed by atoms with van der Waals surface area (Å²) in [6.07, 6.45) is 1.74. The standard InChI is InChI=1S/C23H27FN4O/c1-17(18-7-4-3-5-8-18)25-23(29)16-28(2)14-6-9-21-15-22(27-26-21)19-10-12-20(24)13-11-19/h3-5,7-8,10-13,15,17H,6,9,14,16H2,1-2H3,(H,25,29)(H,26,27). The van der Waals surface area contributed by atoms with Crippen LogP contribution in [-0.2, 0) is 11.2 Å². The minimum Gasteiger partial charge on any atom is -0.348 e. The summed E-state index contributed by atoms with van der Waals surface area (Å²) in [7, 11) is 1.95. The second-order valence-electron chi connectivity index (χ2n) is 7.33. The number of halogens is 1. The number of amides is 1.